The summed E-state index contributed by atoms with van der Waals surface area (Å²) in [7, 11) is 1.80. The number of hydrogen-bond acceptors (Lipinski definition) is 7. The van der Waals surface area contributed by atoms with Crippen molar-refractivity contribution in [3.05, 3.63) is 10.7 Å². The molecule has 1 N–H and O–H groups in total. The third kappa shape index (κ3) is 0.695. The Morgan fingerprint density at radius 3 is 3.09 bits per heavy atom. The van der Waals surface area contributed by atoms with E-state index in [4.69, 9.17) is 13.3 Å². The minimum Gasteiger partial charge on any atom is -0.256 e. The standard InChI is InChI=1S/C4H4N2O3S2/c1-6-3-2(5-9-6)4(7-10-3)8-11-4/h5H,1H3/t4-/m1/s1. The van der Waals surface area contributed by atoms with Gasteiger partial charge in [-0.25, -0.2) is 10.5 Å². The van der Waals surface area contributed by atoms with Crippen molar-refractivity contribution in [2.75, 3.05) is 7.05 Å². The van der Waals surface area contributed by atoms with Crippen LogP contribution in [0, 0.1) is 0 Å². The lowest BCUT2D eigenvalue weighted by atomic mass is 10.5. The van der Waals surface area contributed by atoms with Crippen LogP contribution in [-0.2, 0) is 13.3 Å². The Bertz CT molecular complexity index is 252. The Labute approximate surface area is 71.3 Å². The Morgan fingerprint density at radius 1 is 1.55 bits per heavy atom. The van der Waals surface area contributed by atoms with Gasteiger partial charge in [-0.05, 0) is 0 Å². The fourth-order valence-corrected chi connectivity index (χ4v) is 2.37. The number of rotatable bonds is 0. The first kappa shape index (κ1) is 6.44. The monoisotopic (exact) mass is 192 g/mol. The van der Waals surface area contributed by atoms with Gasteiger partial charge in [0, 0.05) is 7.05 Å². The average molecular weight is 192 g/mol. The van der Waals surface area contributed by atoms with Crippen molar-refractivity contribution >= 4 is 24.1 Å². The van der Waals surface area contributed by atoms with E-state index in [0.717, 1.165) is 10.7 Å². The second-order valence-corrected chi connectivity index (χ2v) is 3.85. The Hall–Kier alpha value is -0.0800. The van der Waals surface area contributed by atoms with Gasteiger partial charge in [-0.2, -0.15) is 4.94 Å². The van der Waals surface area contributed by atoms with E-state index in [1.807, 2.05) is 0 Å². The molecule has 0 unspecified atom stereocenters. The van der Waals surface area contributed by atoms with Gasteiger partial charge in [-0.1, -0.05) is 0 Å². The molecule has 3 aliphatic heterocycles. The van der Waals surface area contributed by atoms with E-state index in [2.05, 4.69) is 5.48 Å². The highest BCUT2D eigenvalue weighted by atomic mass is 32.2. The molecule has 0 bridgehead atoms. The zero-order valence-electron chi connectivity index (χ0n) is 5.49. The smallest absolute Gasteiger partial charge is 0.256 e. The van der Waals surface area contributed by atoms with E-state index in [1.54, 1.807) is 12.1 Å². The molecule has 1 fully saturated rings. The number of nitrogens with one attached hydrogen (secondary N) is 1. The molecule has 5 nitrogen and oxygen atoms in total. The fraction of sp³-hybridized carbons (Fsp3) is 0.500. The van der Waals surface area contributed by atoms with E-state index in [-0.39, 0.29) is 0 Å². The summed E-state index contributed by atoms with van der Waals surface area (Å²) in [5, 5.41) is 1.94. The zero-order chi connectivity index (χ0) is 7.47. The summed E-state index contributed by atoms with van der Waals surface area (Å²) in [6, 6.07) is 0. The molecule has 0 radical (unpaired) electrons. The zero-order valence-corrected chi connectivity index (χ0v) is 7.12. The second kappa shape index (κ2) is 1.80. The van der Waals surface area contributed by atoms with Crippen LogP contribution in [-0.4, -0.2) is 17.2 Å². The van der Waals surface area contributed by atoms with Crippen molar-refractivity contribution in [2.24, 2.45) is 0 Å². The minimum absolute atomic E-state index is 0.592. The molecule has 0 amide bonds. The Kier molecular flexibility index (Phi) is 1.06. The molecule has 0 aliphatic carbocycles. The highest BCUT2D eigenvalue weighted by Gasteiger charge is 2.62. The summed E-state index contributed by atoms with van der Waals surface area (Å²) < 4.78 is 10.4. The molecule has 1 saturated heterocycles. The second-order valence-electron chi connectivity index (χ2n) is 2.26. The lowest BCUT2D eigenvalue weighted by Gasteiger charge is -2.10. The first-order valence-electron chi connectivity index (χ1n) is 2.96. The van der Waals surface area contributed by atoms with Crippen molar-refractivity contribution in [2.45, 2.75) is 5.12 Å². The summed E-state index contributed by atoms with van der Waals surface area (Å²) in [6.07, 6.45) is 0. The van der Waals surface area contributed by atoms with Gasteiger partial charge in [-0.15, -0.1) is 0 Å². The van der Waals surface area contributed by atoms with Gasteiger partial charge >= 0.3 is 5.12 Å². The number of hydroxylamine groups is 3. The molecule has 3 aliphatic rings. The number of nitrogens with zero attached hydrogens (tertiary/aromatic N) is 1. The maximum absolute atomic E-state index is 5.29. The molecule has 0 aromatic rings. The van der Waals surface area contributed by atoms with Gasteiger partial charge in [0.1, 0.15) is 5.70 Å². The maximum atomic E-state index is 5.29. The molecule has 1 spiro atoms. The van der Waals surface area contributed by atoms with Crippen LogP contribution in [0.1, 0.15) is 0 Å². The Morgan fingerprint density at radius 2 is 2.36 bits per heavy atom. The topological polar surface area (TPSA) is 46.3 Å². The van der Waals surface area contributed by atoms with E-state index in [1.165, 1.54) is 24.1 Å². The molecule has 1 atom stereocenters. The molecule has 7 heteroatoms. The van der Waals surface area contributed by atoms with E-state index < -0.39 is 5.12 Å². The van der Waals surface area contributed by atoms with Crippen LogP contribution in [0.4, 0.5) is 0 Å². The lowest BCUT2D eigenvalue weighted by Crippen LogP contribution is -2.22. The quantitative estimate of drug-likeness (QED) is 0.444. The van der Waals surface area contributed by atoms with Crippen LogP contribution >= 0.6 is 24.1 Å². The van der Waals surface area contributed by atoms with E-state index in [9.17, 15) is 0 Å². The lowest BCUT2D eigenvalue weighted by molar-refractivity contribution is -0.135. The molecule has 0 saturated carbocycles. The van der Waals surface area contributed by atoms with Gasteiger partial charge in [0.25, 0.3) is 0 Å². The summed E-state index contributed by atoms with van der Waals surface area (Å²) in [4.78, 5) is 5.01. The van der Waals surface area contributed by atoms with Crippen LogP contribution < -0.4 is 5.48 Å². The number of fused-ring (bicyclic) bond motifs is 1. The molecular formula is C4H4N2O3S2. The first-order chi connectivity index (χ1) is 5.32. The van der Waals surface area contributed by atoms with Crippen molar-refractivity contribution < 1.29 is 13.3 Å². The average Bonchev–Trinajstić information content (AvgIpc) is 2.53. The van der Waals surface area contributed by atoms with E-state index >= 15 is 0 Å². The summed E-state index contributed by atoms with van der Waals surface area (Å²) >= 11 is 2.55. The largest absolute Gasteiger partial charge is 0.313 e. The molecule has 3 rings (SSSR count). The molecule has 3 heterocycles. The Balaban J connectivity index is 2.02. The predicted octanol–water partition coefficient (Wildman–Crippen LogP) is 0.548. The van der Waals surface area contributed by atoms with Gasteiger partial charge in [0.15, 0.2) is 5.03 Å². The number of hydrogen-bond donors (Lipinski definition) is 1. The molecule has 60 valence electrons. The van der Waals surface area contributed by atoms with Gasteiger partial charge < -0.3 is 0 Å². The predicted molar refractivity (Wildman–Crippen MR) is 39.1 cm³/mol. The highest BCUT2D eigenvalue weighted by Crippen LogP contribution is 2.62. The molecule has 11 heavy (non-hydrogen) atoms. The highest BCUT2D eigenvalue weighted by molar-refractivity contribution is 8.04. The SMILES string of the molecule is CN1ONC2=C1SO[C@@]21OS1. The first-order valence-corrected chi connectivity index (χ1v) is 4.44. The van der Waals surface area contributed by atoms with Crippen LogP contribution in [0.3, 0.4) is 0 Å². The third-order valence-corrected chi connectivity index (χ3v) is 3.36. The van der Waals surface area contributed by atoms with Gasteiger partial charge in [-0.3, -0.25) is 8.37 Å². The molecule has 0 aromatic heterocycles. The van der Waals surface area contributed by atoms with Gasteiger partial charge in [0.05, 0.1) is 24.1 Å². The van der Waals surface area contributed by atoms with Crippen LogP contribution in [0.5, 0.6) is 0 Å². The van der Waals surface area contributed by atoms with Crippen LogP contribution in [0.2, 0.25) is 0 Å². The summed E-state index contributed by atoms with van der Waals surface area (Å²) in [5.74, 6) is 0. The van der Waals surface area contributed by atoms with Crippen molar-refractivity contribution in [1.29, 1.82) is 0 Å². The molecular weight excluding hydrogens is 188 g/mol. The molecule has 0 aromatic carbocycles. The summed E-state index contributed by atoms with van der Waals surface area (Å²) in [6.45, 7) is 0. The van der Waals surface area contributed by atoms with Crippen molar-refractivity contribution in [3.8, 4) is 0 Å². The minimum atomic E-state index is -0.592. The maximum Gasteiger partial charge on any atom is 0.313 e. The fourth-order valence-electron chi connectivity index (χ4n) is 0.929. The van der Waals surface area contributed by atoms with E-state index in [0.29, 0.717) is 0 Å². The van der Waals surface area contributed by atoms with Crippen LogP contribution in [0.15, 0.2) is 10.7 Å². The van der Waals surface area contributed by atoms with Crippen LogP contribution in [0.25, 0.3) is 0 Å². The summed E-state index contributed by atoms with van der Waals surface area (Å²) in [5.41, 5.74) is 3.59. The van der Waals surface area contributed by atoms with Crippen molar-refractivity contribution in [3.63, 3.8) is 0 Å². The third-order valence-electron chi connectivity index (χ3n) is 1.56. The normalized spacial score (nSPS) is 39.9. The van der Waals surface area contributed by atoms with Gasteiger partial charge in [0.2, 0.25) is 0 Å². The van der Waals surface area contributed by atoms with Crippen molar-refractivity contribution in [1.82, 2.24) is 10.5 Å².